The highest BCUT2D eigenvalue weighted by Gasteiger charge is 2.38. The van der Waals surface area contributed by atoms with Crippen LogP contribution in [-0.4, -0.2) is 33.7 Å². The highest BCUT2D eigenvalue weighted by molar-refractivity contribution is 8.15. The van der Waals surface area contributed by atoms with Crippen LogP contribution in [0.4, 0.5) is 11.4 Å². The van der Waals surface area contributed by atoms with E-state index in [1.165, 1.54) is 11.8 Å². The Morgan fingerprint density at radius 2 is 1.89 bits per heavy atom. The van der Waals surface area contributed by atoms with Crippen LogP contribution in [0.25, 0.3) is 0 Å². The number of para-hydroxylation sites is 1. The van der Waals surface area contributed by atoms with Gasteiger partial charge in [-0.05, 0) is 42.8 Å². The van der Waals surface area contributed by atoms with Gasteiger partial charge in [-0.25, -0.2) is 4.99 Å². The smallest absolute Gasteiger partial charge is 0.242 e. The molecule has 1 atom stereocenters. The van der Waals surface area contributed by atoms with E-state index in [0.717, 1.165) is 12.1 Å². The third-order valence-electron chi connectivity index (χ3n) is 3.95. The van der Waals surface area contributed by atoms with Gasteiger partial charge in [-0.1, -0.05) is 48.5 Å². The lowest BCUT2D eigenvalue weighted by Gasteiger charge is -2.15. The van der Waals surface area contributed by atoms with E-state index in [0.29, 0.717) is 22.4 Å². The van der Waals surface area contributed by atoms with E-state index in [9.17, 15) is 9.59 Å². The predicted octanol–water partition coefficient (Wildman–Crippen LogP) is 4.71. The highest BCUT2D eigenvalue weighted by Crippen LogP contribution is 2.32. The monoisotopic (exact) mass is 401 g/mol. The summed E-state index contributed by atoms with van der Waals surface area (Å²) in [7, 11) is 0. The maximum absolute atomic E-state index is 12.8. The average Bonchev–Trinajstić information content (AvgIpc) is 2.93. The second-order valence-electron chi connectivity index (χ2n) is 6.09. The second kappa shape index (κ2) is 9.06. The summed E-state index contributed by atoms with van der Waals surface area (Å²) < 4.78 is 0. The molecule has 0 aromatic heterocycles. The molecule has 1 aliphatic heterocycles. The molecule has 1 saturated heterocycles. The second-order valence-corrected chi connectivity index (χ2v) is 7.69. The third-order valence-corrected chi connectivity index (χ3v) is 5.37. The van der Waals surface area contributed by atoms with Gasteiger partial charge < -0.3 is 5.32 Å². The average molecular weight is 402 g/mol. The van der Waals surface area contributed by atoms with Gasteiger partial charge in [0.1, 0.15) is 5.25 Å². The molecule has 1 aliphatic rings. The quantitative estimate of drug-likeness (QED) is 0.762. The number of thioether (sulfide) groups is 1. The Morgan fingerprint density at radius 3 is 2.56 bits per heavy atom. The molecule has 0 aliphatic carbocycles. The minimum absolute atomic E-state index is 0.0669. The number of carbonyl (C=O) groups is 2. The van der Waals surface area contributed by atoms with Gasteiger partial charge in [-0.3, -0.25) is 14.5 Å². The SMILES string of the molecule is CCCN1C(=O)[C@H](CC(=O)Nc2ccc(Cl)cc2)SC1=Nc1ccccc1. The summed E-state index contributed by atoms with van der Waals surface area (Å²) >= 11 is 7.20. The summed E-state index contributed by atoms with van der Waals surface area (Å²) in [6, 6.07) is 16.4. The van der Waals surface area contributed by atoms with Gasteiger partial charge >= 0.3 is 0 Å². The van der Waals surface area contributed by atoms with E-state index >= 15 is 0 Å². The molecule has 140 valence electrons. The van der Waals surface area contributed by atoms with Crippen LogP contribution < -0.4 is 5.32 Å². The summed E-state index contributed by atoms with van der Waals surface area (Å²) in [5.41, 5.74) is 1.45. The first-order chi connectivity index (χ1) is 13.1. The number of hydrogen-bond donors (Lipinski definition) is 1. The van der Waals surface area contributed by atoms with E-state index in [4.69, 9.17) is 11.6 Å². The van der Waals surface area contributed by atoms with Crippen molar-refractivity contribution in [1.82, 2.24) is 4.90 Å². The molecular formula is C20H20ClN3O2S. The molecule has 0 bridgehead atoms. The Bertz CT molecular complexity index is 840. The Kier molecular flexibility index (Phi) is 6.53. The first kappa shape index (κ1) is 19.5. The largest absolute Gasteiger partial charge is 0.326 e. The lowest BCUT2D eigenvalue weighted by molar-refractivity contribution is -0.128. The molecule has 7 heteroatoms. The van der Waals surface area contributed by atoms with Gasteiger partial charge in [0.2, 0.25) is 11.8 Å². The minimum atomic E-state index is -0.466. The fourth-order valence-corrected chi connectivity index (χ4v) is 3.99. The van der Waals surface area contributed by atoms with Crippen molar-refractivity contribution < 1.29 is 9.59 Å². The van der Waals surface area contributed by atoms with Crippen LogP contribution in [0.15, 0.2) is 59.6 Å². The van der Waals surface area contributed by atoms with Crippen molar-refractivity contribution in [2.24, 2.45) is 4.99 Å². The summed E-state index contributed by atoms with van der Waals surface area (Å²) in [6.07, 6.45) is 0.921. The molecular weight excluding hydrogens is 382 g/mol. The maximum Gasteiger partial charge on any atom is 0.242 e. The van der Waals surface area contributed by atoms with Gasteiger partial charge in [0.05, 0.1) is 5.69 Å². The molecule has 1 fully saturated rings. The van der Waals surface area contributed by atoms with Crippen molar-refractivity contribution in [2.75, 3.05) is 11.9 Å². The van der Waals surface area contributed by atoms with Crippen molar-refractivity contribution in [3.05, 3.63) is 59.6 Å². The molecule has 2 aromatic rings. The number of amidine groups is 1. The number of anilines is 1. The Labute approximate surface area is 167 Å². The van der Waals surface area contributed by atoms with Crippen LogP contribution in [0.3, 0.4) is 0 Å². The van der Waals surface area contributed by atoms with Gasteiger partial charge in [0, 0.05) is 23.7 Å². The number of nitrogens with one attached hydrogen (secondary N) is 1. The van der Waals surface area contributed by atoms with E-state index in [-0.39, 0.29) is 18.2 Å². The lowest BCUT2D eigenvalue weighted by atomic mass is 10.2. The van der Waals surface area contributed by atoms with Crippen molar-refractivity contribution in [1.29, 1.82) is 0 Å². The van der Waals surface area contributed by atoms with Crippen LogP contribution in [0, 0.1) is 0 Å². The summed E-state index contributed by atoms with van der Waals surface area (Å²) in [5.74, 6) is -0.275. The number of benzene rings is 2. The summed E-state index contributed by atoms with van der Waals surface area (Å²) in [4.78, 5) is 31.4. The topological polar surface area (TPSA) is 61.8 Å². The number of hydrogen-bond acceptors (Lipinski definition) is 4. The first-order valence-corrected chi connectivity index (χ1v) is 9.99. The van der Waals surface area contributed by atoms with Gasteiger partial charge in [0.15, 0.2) is 5.17 Å². The molecule has 0 radical (unpaired) electrons. The summed E-state index contributed by atoms with van der Waals surface area (Å²) in [6.45, 7) is 2.60. The third kappa shape index (κ3) is 5.11. The zero-order valence-electron chi connectivity index (χ0n) is 14.9. The first-order valence-electron chi connectivity index (χ1n) is 8.74. The van der Waals surface area contributed by atoms with E-state index in [1.807, 2.05) is 37.3 Å². The summed E-state index contributed by atoms with van der Waals surface area (Å²) in [5, 5.41) is 3.59. The van der Waals surface area contributed by atoms with Crippen molar-refractivity contribution >= 4 is 51.7 Å². The number of halogens is 1. The predicted molar refractivity (Wildman–Crippen MR) is 112 cm³/mol. The zero-order chi connectivity index (χ0) is 19.2. The zero-order valence-corrected chi connectivity index (χ0v) is 16.5. The van der Waals surface area contributed by atoms with Crippen LogP contribution in [0.5, 0.6) is 0 Å². The Balaban J connectivity index is 1.70. The number of amides is 2. The molecule has 27 heavy (non-hydrogen) atoms. The van der Waals surface area contributed by atoms with E-state index < -0.39 is 5.25 Å². The highest BCUT2D eigenvalue weighted by atomic mass is 35.5. The number of aliphatic imine (C=N–C) groups is 1. The van der Waals surface area contributed by atoms with Crippen LogP contribution in [0.2, 0.25) is 5.02 Å². The minimum Gasteiger partial charge on any atom is -0.326 e. The van der Waals surface area contributed by atoms with E-state index in [1.54, 1.807) is 29.2 Å². The van der Waals surface area contributed by atoms with Crippen molar-refractivity contribution in [3.63, 3.8) is 0 Å². The molecule has 5 nitrogen and oxygen atoms in total. The van der Waals surface area contributed by atoms with E-state index in [2.05, 4.69) is 10.3 Å². The number of carbonyl (C=O) groups excluding carboxylic acids is 2. The fourth-order valence-electron chi connectivity index (χ4n) is 2.68. The Morgan fingerprint density at radius 1 is 1.19 bits per heavy atom. The normalized spacial score (nSPS) is 18.1. The van der Waals surface area contributed by atoms with Gasteiger partial charge in [0.25, 0.3) is 0 Å². The Hall–Kier alpha value is -2.31. The molecule has 0 saturated carbocycles. The molecule has 0 unspecified atom stereocenters. The van der Waals surface area contributed by atoms with Crippen LogP contribution in [-0.2, 0) is 9.59 Å². The van der Waals surface area contributed by atoms with Crippen molar-refractivity contribution in [2.45, 2.75) is 25.0 Å². The molecule has 2 amide bonds. The molecule has 2 aromatic carbocycles. The standard InChI is InChI=1S/C20H20ClN3O2S/c1-2-12-24-19(26)17(27-20(24)23-15-6-4-3-5-7-15)13-18(25)22-16-10-8-14(21)9-11-16/h3-11,17H,2,12-13H2,1H3,(H,22,25)/t17-/m0/s1. The molecule has 3 rings (SSSR count). The molecule has 1 heterocycles. The number of rotatable bonds is 6. The van der Waals surface area contributed by atoms with Crippen molar-refractivity contribution in [3.8, 4) is 0 Å². The lowest BCUT2D eigenvalue weighted by Crippen LogP contribution is -2.34. The van der Waals surface area contributed by atoms with Crippen LogP contribution in [0.1, 0.15) is 19.8 Å². The number of nitrogens with zero attached hydrogens (tertiary/aromatic N) is 2. The van der Waals surface area contributed by atoms with Gasteiger partial charge in [-0.2, -0.15) is 0 Å². The van der Waals surface area contributed by atoms with Crippen LogP contribution >= 0.6 is 23.4 Å². The van der Waals surface area contributed by atoms with Gasteiger partial charge in [-0.15, -0.1) is 0 Å². The molecule has 1 N–H and O–H groups in total. The maximum atomic E-state index is 12.8. The fraction of sp³-hybridized carbons (Fsp3) is 0.250. The molecule has 0 spiro atoms.